The molecule has 4 rings (SSSR count). The molecule has 0 saturated carbocycles. The lowest BCUT2D eigenvalue weighted by atomic mass is 10.1. The van der Waals surface area contributed by atoms with Gasteiger partial charge in [0, 0.05) is 29.9 Å². The van der Waals surface area contributed by atoms with Crippen LogP contribution in [0.5, 0.6) is 5.75 Å². The van der Waals surface area contributed by atoms with Gasteiger partial charge in [-0.2, -0.15) is 0 Å². The van der Waals surface area contributed by atoms with Crippen molar-refractivity contribution in [1.82, 2.24) is 9.97 Å². The molecule has 0 atom stereocenters. The summed E-state index contributed by atoms with van der Waals surface area (Å²) >= 11 is 0. The lowest BCUT2D eigenvalue weighted by molar-refractivity contribution is 0.415. The Morgan fingerprint density at radius 1 is 0.875 bits per heavy atom. The second kappa shape index (κ2) is 6.80. The molecule has 2 aliphatic rings. The number of aromatic nitrogens is 2. The van der Waals surface area contributed by atoms with Gasteiger partial charge in [-0.05, 0) is 56.4 Å². The standard InChI is InChI=1S/C20H25N3O/c1-24-16-11-9-15(10-12-16)19-21-18-8-6-7-17(18)20(22-19)23-13-4-2-3-5-14-23/h9-12H,2-8,13-14H2,1H3. The molecule has 1 aromatic heterocycles. The summed E-state index contributed by atoms with van der Waals surface area (Å²) in [5.41, 5.74) is 3.73. The number of nitrogens with zero attached hydrogens (tertiary/aromatic N) is 3. The Morgan fingerprint density at radius 3 is 2.33 bits per heavy atom. The van der Waals surface area contributed by atoms with Crippen LogP contribution in [0.4, 0.5) is 5.82 Å². The van der Waals surface area contributed by atoms with Gasteiger partial charge in [-0.25, -0.2) is 9.97 Å². The highest BCUT2D eigenvalue weighted by atomic mass is 16.5. The summed E-state index contributed by atoms with van der Waals surface area (Å²) in [7, 11) is 1.69. The highest BCUT2D eigenvalue weighted by Crippen LogP contribution is 2.32. The average Bonchev–Trinajstić information content (AvgIpc) is 2.94. The van der Waals surface area contributed by atoms with Crippen LogP contribution < -0.4 is 9.64 Å². The number of hydrogen-bond donors (Lipinski definition) is 0. The Kier molecular flexibility index (Phi) is 4.37. The van der Waals surface area contributed by atoms with Gasteiger partial charge in [0.2, 0.25) is 0 Å². The summed E-state index contributed by atoms with van der Waals surface area (Å²) in [5.74, 6) is 2.93. The molecule has 126 valence electrons. The molecule has 2 aromatic rings. The second-order valence-electron chi connectivity index (χ2n) is 6.78. The van der Waals surface area contributed by atoms with Crippen LogP contribution in [0.15, 0.2) is 24.3 Å². The number of methoxy groups -OCH3 is 1. The third kappa shape index (κ3) is 2.97. The van der Waals surface area contributed by atoms with E-state index in [0.29, 0.717) is 0 Å². The molecule has 1 saturated heterocycles. The smallest absolute Gasteiger partial charge is 0.161 e. The molecule has 4 heteroatoms. The minimum Gasteiger partial charge on any atom is -0.497 e. The fourth-order valence-corrected chi connectivity index (χ4v) is 3.83. The van der Waals surface area contributed by atoms with Gasteiger partial charge < -0.3 is 9.64 Å². The monoisotopic (exact) mass is 323 g/mol. The van der Waals surface area contributed by atoms with Crippen LogP contribution >= 0.6 is 0 Å². The first-order valence-corrected chi connectivity index (χ1v) is 9.14. The Balaban J connectivity index is 1.74. The van der Waals surface area contributed by atoms with E-state index in [0.717, 1.165) is 43.1 Å². The van der Waals surface area contributed by atoms with Crippen LogP contribution in [-0.2, 0) is 12.8 Å². The molecule has 4 nitrogen and oxygen atoms in total. The maximum Gasteiger partial charge on any atom is 0.161 e. The summed E-state index contributed by atoms with van der Waals surface area (Å²) < 4.78 is 5.26. The van der Waals surface area contributed by atoms with Gasteiger partial charge in [0.25, 0.3) is 0 Å². The number of ether oxygens (including phenoxy) is 1. The van der Waals surface area contributed by atoms with Crippen molar-refractivity contribution in [3.8, 4) is 17.1 Å². The molecule has 0 bridgehead atoms. The first kappa shape index (κ1) is 15.4. The van der Waals surface area contributed by atoms with Gasteiger partial charge in [-0.1, -0.05) is 12.8 Å². The first-order chi connectivity index (χ1) is 11.8. The molecule has 24 heavy (non-hydrogen) atoms. The van der Waals surface area contributed by atoms with Gasteiger partial charge >= 0.3 is 0 Å². The Bertz CT molecular complexity index is 704. The zero-order chi connectivity index (χ0) is 16.4. The van der Waals surface area contributed by atoms with Gasteiger partial charge in [-0.15, -0.1) is 0 Å². The van der Waals surface area contributed by atoms with E-state index in [1.165, 1.54) is 49.2 Å². The summed E-state index contributed by atoms with van der Waals surface area (Å²) in [6.07, 6.45) is 8.65. The molecule has 1 fully saturated rings. The summed E-state index contributed by atoms with van der Waals surface area (Å²) in [6, 6.07) is 8.08. The SMILES string of the molecule is COc1ccc(-c2nc3c(c(N4CCCCCC4)n2)CCC3)cc1. The molecule has 0 amide bonds. The van der Waals surface area contributed by atoms with Crippen molar-refractivity contribution >= 4 is 5.82 Å². The quantitative estimate of drug-likeness (QED) is 0.855. The van der Waals surface area contributed by atoms with Crippen LogP contribution in [0, 0.1) is 0 Å². The molecular weight excluding hydrogens is 298 g/mol. The van der Waals surface area contributed by atoms with Crippen molar-refractivity contribution in [2.24, 2.45) is 0 Å². The van der Waals surface area contributed by atoms with E-state index < -0.39 is 0 Å². The van der Waals surface area contributed by atoms with Crippen LogP contribution in [-0.4, -0.2) is 30.2 Å². The minimum atomic E-state index is 0.859. The zero-order valence-electron chi connectivity index (χ0n) is 14.4. The summed E-state index contributed by atoms with van der Waals surface area (Å²) in [4.78, 5) is 12.4. The Hall–Kier alpha value is -2.10. The number of fused-ring (bicyclic) bond motifs is 1. The highest BCUT2D eigenvalue weighted by molar-refractivity contribution is 5.62. The topological polar surface area (TPSA) is 38.2 Å². The molecule has 0 N–H and O–H groups in total. The first-order valence-electron chi connectivity index (χ1n) is 9.14. The maximum atomic E-state index is 5.26. The molecule has 0 spiro atoms. The molecule has 1 aliphatic heterocycles. The van der Waals surface area contributed by atoms with E-state index in [9.17, 15) is 0 Å². The minimum absolute atomic E-state index is 0.859. The van der Waals surface area contributed by atoms with Gasteiger partial charge in [0.05, 0.1) is 7.11 Å². The predicted octanol–water partition coefficient (Wildman–Crippen LogP) is 4.02. The number of rotatable bonds is 3. The van der Waals surface area contributed by atoms with Gasteiger partial charge in [-0.3, -0.25) is 0 Å². The number of hydrogen-bond acceptors (Lipinski definition) is 4. The van der Waals surface area contributed by atoms with Crippen molar-refractivity contribution in [3.05, 3.63) is 35.5 Å². The van der Waals surface area contributed by atoms with E-state index in [1.807, 2.05) is 12.1 Å². The summed E-state index contributed by atoms with van der Waals surface area (Å²) in [6.45, 7) is 2.26. The third-order valence-corrected chi connectivity index (χ3v) is 5.17. The van der Waals surface area contributed by atoms with Crippen LogP contribution in [0.1, 0.15) is 43.4 Å². The molecule has 0 radical (unpaired) electrons. The molecule has 1 aromatic carbocycles. The van der Waals surface area contributed by atoms with Crippen molar-refractivity contribution in [3.63, 3.8) is 0 Å². The lowest BCUT2D eigenvalue weighted by Crippen LogP contribution is -2.26. The van der Waals surface area contributed by atoms with Crippen molar-refractivity contribution < 1.29 is 4.74 Å². The third-order valence-electron chi connectivity index (χ3n) is 5.17. The van der Waals surface area contributed by atoms with Gasteiger partial charge in [0.1, 0.15) is 11.6 Å². The molecule has 1 aliphatic carbocycles. The second-order valence-corrected chi connectivity index (χ2v) is 6.78. The van der Waals surface area contributed by atoms with E-state index >= 15 is 0 Å². The Morgan fingerprint density at radius 2 is 1.62 bits per heavy atom. The molecule has 2 heterocycles. The van der Waals surface area contributed by atoms with Crippen molar-refractivity contribution in [1.29, 1.82) is 0 Å². The zero-order valence-corrected chi connectivity index (χ0v) is 14.4. The van der Waals surface area contributed by atoms with Crippen molar-refractivity contribution in [2.45, 2.75) is 44.9 Å². The van der Waals surface area contributed by atoms with Crippen LogP contribution in [0.25, 0.3) is 11.4 Å². The molecule has 0 unspecified atom stereocenters. The number of aryl methyl sites for hydroxylation is 1. The number of benzene rings is 1. The van der Waals surface area contributed by atoms with E-state index in [4.69, 9.17) is 14.7 Å². The van der Waals surface area contributed by atoms with Crippen molar-refractivity contribution in [2.75, 3.05) is 25.1 Å². The van der Waals surface area contributed by atoms with Crippen LogP contribution in [0.2, 0.25) is 0 Å². The lowest BCUT2D eigenvalue weighted by Gasteiger charge is -2.24. The van der Waals surface area contributed by atoms with E-state index in [1.54, 1.807) is 7.11 Å². The van der Waals surface area contributed by atoms with Gasteiger partial charge in [0.15, 0.2) is 5.82 Å². The average molecular weight is 323 g/mol. The fourth-order valence-electron chi connectivity index (χ4n) is 3.83. The Labute approximate surface area is 143 Å². The molecular formula is C20H25N3O. The van der Waals surface area contributed by atoms with E-state index in [-0.39, 0.29) is 0 Å². The fraction of sp³-hybridized carbons (Fsp3) is 0.500. The largest absolute Gasteiger partial charge is 0.497 e. The predicted molar refractivity (Wildman–Crippen MR) is 96.7 cm³/mol. The van der Waals surface area contributed by atoms with E-state index in [2.05, 4.69) is 17.0 Å². The maximum absolute atomic E-state index is 5.26. The van der Waals surface area contributed by atoms with Crippen LogP contribution in [0.3, 0.4) is 0 Å². The number of anilines is 1. The normalized spacial score (nSPS) is 17.5. The highest BCUT2D eigenvalue weighted by Gasteiger charge is 2.24. The summed E-state index contributed by atoms with van der Waals surface area (Å²) in [5, 5.41) is 0.